The third-order valence-corrected chi connectivity index (χ3v) is 2.12. The molecule has 1 heterocycles. The second-order valence-corrected chi connectivity index (χ2v) is 2.93. The first-order chi connectivity index (χ1) is 6.70. The maximum absolute atomic E-state index is 11.4. The summed E-state index contributed by atoms with van der Waals surface area (Å²) in [6.45, 7) is 7.90. The van der Waals surface area contributed by atoms with E-state index in [-0.39, 0.29) is 18.3 Å². The molecule has 0 aromatic rings. The van der Waals surface area contributed by atoms with Crippen LogP contribution in [0.3, 0.4) is 0 Å². The molecule has 1 aliphatic rings. The van der Waals surface area contributed by atoms with E-state index in [1.54, 1.807) is 0 Å². The lowest BCUT2D eigenvalue weighted by atomic mass is 10.1. The van der Waals surface area contributed by atoms with Crippen molar-refractivity contribution in [2.45, 2.75) is 6.04 Å². The van der Waals surface area contributed by atoms with Crippen LogP contribution in [0.5, 0.6) is 0 Å². The molecule has 14 heavy (non-hydrogen) atoms. The number of ketones is 1. The minimum atomic E-state index is -0.535. The largest absolute Gasteiger partial charge is 0.377 e. The minimum absolute atomic E-state index is 0.195. The molecule has 0 saturated carbocycles. The molecule has 76 valence electrons. The van der Waals surface area contributed by atoms with E-state index in [1.165, 1.54) is 17.1 Å². The van der Waals surface area contributed by atoms with Gasteiger partial charge in [-0.05, 0) is 12.2 Å². The molecule has 0 bridgehead atoms. The average molecular weight is 195 g/mol. The number of nitrogens with zero attached hydrogens (tertiary/aromatic N) is 1. The fourth-order valence-corrected chi connectivity index (χ4v) is 1.36. The quantitative estimate of drug-likeness (QED) is 0.602. The number of hydrogen-bond donors (Lipinski definition) is 0. The number of rotatable bonds is 3. The van der Waals surface area contributed by atoms with Crippen molar-refractivity contribution in [3.05, 3.63) is 25.3 Å². The maximum Gasteiger partial charge on any atom is 0.246 e. The summed E-state index contributed by atoms with van der Waals surface area (Å²) in [4.78, 5) is 24.2. The molecule has 1 atom stereocenters. The molecule has 1 amide bonds. The fourth-order valence-electron chi connectivity index (χ4n) is 1.36. The smallest absolute Gasteiger partial charge is 0.246 e. The van der Waals surface area contributed by atoms with Crippen molar-refractivity contribution < 1.29 is 14.3 Å². The van der Waals surface area contributed by atoms with E-state index in [0.29, 0.717) is 13.2 Å². The summed E-state index contributed by atoms with van der Waals surface area (Å²) in [5.41, 5.74) is 0. The van der Waals surface area contributed by atoms with E-state index in [9.17, 15) is 9.59 Å². The van der Waals surface area contributed by atoms with Gasteiger partial charge in [0.1, 0.15) is 6.04 Å². The molecule has 0 aromatic heterocycles. The van der Waals surface area contributed by atoms with Crippen LogP contribution in [0.25, 0.3) is 0 Å². The SMILES string of the molecule is C=CC(=O)C1COCCN1C(=O)C=C. The van der Waals surface area contributed by atoms with Gasteiger partial charge in [0.2, 0.25) is 5.91 Å². The lowest BCUT2D eigenvalue weighted by molar-refractivity contribution is -0.141. The second-order valence-electron chi connectivity index (χ2n) is 2.93. The summed E-state index contributed by atoms with van der Waals surface area (Å²) in [5.74, 6) is -0.437. The first-order valence-electron chi connectivity index (χ1n) is 4.37. The molecule has 0 radical (unpaired) electrons. The molecule has 4 nitrogen and oxygen atoms in total. The Hall–Kier alpha value is -1.42. The summed E-state index contributed by atoms with van der Waals surface area (Å²) in [6, 6.07) is -0.535. The zero-order valence-corrected chi connectivity index (χ0v) is 7.94. The van der Waals surface area contributed by atoms with Gasteiger partial charge in [0.05, 0.1) is 13.2 Å². The van der Waals surface area contributed by atoms with Crippen LogP contribution in [0.4, 0.5) is 0 Å². The number of morpholine rings is 1. The summed E-state index contributed by atoms with van der Waals surface area (Å²) in [7, 11) is 0. The molecule has 1 aliphatic heterocycles. The van der Waals surface area contributed by atoms with Crippen LogP contribution in [-0.2, 0) is 14.3 Å². The van der Waals surface area contributed by atoms with Gasteiger partial charge in [0.25, 0.3) is 0 Å². The summed E-state index contributed by atoms with van der Waals surface area (Å²) in [5, 5.41) is 0. The Morgan fingerprint density at radius 3 is 2.64 bits per heavy atom. The Balaban J connectivity index is 2.77. The van der Waals surface area contributed by atoms with Gasteiger partial charge in [0, 0.05) is 6.54 Å². The predicted octanol–water partition coefficient (Wildman–Crippen LogP) is 0.155. The highest BCUT2D eigenvalue weighted by Crippen LogP contribution is 2.09. The van der Waals surface area contributed by atoms with Gasteiger partial charge in [-0.1, -0.05) is 13.2 Å². The Morgan fingerprint density at radius 2 is 2.07 bits per heavy atom. The zero-order chi connectivity index (χ0) is 10.6. The van der Waals surface area contributed by atoms with Crippen LogP contribution in [0.15, 0.2) is 25.3 Å². The van der Waals surface area contributed by atoms with Crippen molar-refractivity contribution in [1.82, 2.24) is 4.90 Å². The van der Waals surface area contributed by atoms with E-state index in [1.807, 2.05) is 0 Å². The van der Waals surface area contributed by atoms with Crippen molar-refractivity contribution in [2.24, 2.45) is 0 Å². The van der Waals surface area contributed by atoms with Crippen molar-refractivity contribution in [3.63, 3.8) is 0 Å². The van der Waals surface area contributed by atoms with Gasteiger partial charge >= 0.3 is 0 Å². The number of hydrogen-bond acceptors (Lipinski definition) is 3. The maximum atomic E-state index is 11.4. The van der Waals surface area contributed by atoms with Crippen molar-refractivity contribution in [2.75, 3.05) is 19.8 Å². The molecule has 1 unspecified atom stereocenters. The third-order valence-electron chi connectivity index (χ3n) is 2.12. The van der Waals surface area contributed by atoms with Gasteiger partial charge in [-0.25, -0.2) is 0 Å². The monoisotopic (exact) mass is 195 g/mol. The molecule has 0 N–H and O–H groups in total. The van der Waals surface area contributed by atoms with E-state index in [0.717, 1.165) is 0 Å². The summed E-state index contributed by atoms with van der Waals surface area (Å²) < 4.78 is 5.13. The predicted molar refractivity (Wildman–Crippen MR) is 51.7 cm³/mol. The fraction of sp³-hybridized carbons (Fsp3) is 0.400. The van der Waals surface area contributed by atoms with Gasteiger partial charge in [0.15, 0.2) is 5.78 Å². The number of ether oxygens (including phenoxy) is 1. The van der Waals surface area contributed by atoms with E-state index < -0.39 is 6.04 Å². The van der Waals surface area contributed by atoms with Crippen LogP contribution >= 0.6 is 0 Å². The Kier molecular flexibility index (Phi) is 3.59. The second kappa shape index (κ2) is 4.72. The Labute approximate surface area is 82.8 Å². The number of carbonyl (C=O) groups excluding carboxylic acids is 2. The molecular formula is C10H13NO3. The van der Waals surface area contributed by atoms with Crippen molar-refractivity contribution >= 4 is 11.7 Å². The lowest BCUT2D eigenvalue weighted by Crippen LogP contribution is -2.51. The van der Waals surface area contributed by atoms with Crippen LogP contribution in [0, 0.1) is 0 Å². The van der Waals surface area contributed by atoms with Gasteiger partial charge < -0.3 is 9.64 Å². The highest BCUT2D eigenvalue weighted by atomic mass is 16.5. The van der Waals surface area contributed by atoms with Crippen molar-refractivity contribution in [3.8, 4) is 0 Å². The topological polar surface area (TPSA) is 46.6 Å². The number of amides is 1. The van der Waals surface area contributed by atoms with Gasteiger partial charge in [-0.15, -0.1) is 0 Å². The van der Waals surface area contributed by atoms with Crippen LogP contribution in [0.1, 0.15) is 0 Å². The average Bonchev–Trinajstić information content (AvgIpc) is 2.27. The third kappa shape index (κ3) is 2.09. The zero-order valence-electron chi connectivity index (χ0n) is 7.94. The first-order valence-corrected chi connectivity index (χ1v) is 4.37. The van der Waals surface area contributed by atoms with E-state index >= 15 is 0 Å². The van der Waals surface area contributed by atoms with E-state index in [2.05, 4.69) is 13.2 Å². The Bertz CT molecular complexity index is 245. The highest BCUT2D eigenvalue weighted by molar-refractivity contribution is 5.98. The van der Waals surface area contributed by atoms with Crippen LogP contribution < -0.4 is 0 Å². The van der Waals surface area contributed by atoms with Gasteiger partial charge in [-0.2, -0.15) is 0 Å². The van der Waals surface area contributed by atoms with Gasteiger partial charge in [-0.3, -0.25) is 9.59 Å². The Morgan fingerprint density at radius 1 is 1.36 bits per heavy atom. The standard InChI is InChI=1S/C10H13NO3/c1-3-9(12)8-7-14-6-5-11(8)10(13)4-2/h3-4,8H,1-2,5-7H2. The van der Waals surface area contributed by atoms with E-state index in [4.69, 9.17) is 4.74 Å². The summed E-state index contributed by atoms with van der Waals surface area (Å²) >= 11 is 0. The highest BCUT2D eigenvalue weighted by Gasteiger charge is 2.29. The molecular weight excluding hydrogens is 182 g/mol. The van der Waals surface area contributed by atoms with Crippen molar-refractivity contribution in [1.29, 1.82) is 0 Å². The minimum Gasteiger partial charge on any atom is -0.377 e. The first kappa shape index (κ1) is 10.7. The summed E-state index contributed by atoms with van der Waals surface area (Å²) in [6.07, 6.45) is 2.41. The number of carbonyl (C=O) groups is 2. The molecule has 0 aromatic carbocycles. The molecule has 4 heteroatoms. The molecule has 1 fully saturated rings. The molecule has 0 aliphatic carbocycles. The lowest BCUT2D eigenvalue weighted by Gasteiger charge is -2.33. The molecule has 1 rings (SSSR count). The molecule has 0 spiro atoms. The normalized spacial score (nSPS) is 21.4. The van der Waals surface area contributed by atoms with Crippen LogP contribution in [0.2, 0.25) is 0 Å². The van der Waals surface area contributed by atoms with Crippen LogP contribution in [-0.4, -0.2) is 42.4 Å². The molecule has 1 saturated heterocycles.